The molecule has 1 aliphatic heterocycles. The molecule has 0 bridgehead atoms. The summed E-state index contributed by atoms with van der Waals surface area (Å²) in [6.07, 6.45) is 2.08. The van der Waals surface area contributed by atoms with Crippen LogP contribution in [0.1, 0.15) is 17.9 Å². The highest BCUT2D eigenvalue weighted by Gasteiger charge is 2.40. The van der Waals surface area contributed by atoms with E-state index in [0.29, 0.717) is 17.0 Å². The minimum Gasteiger partial charge on any atom is -0.277 e. The maximum atomic E-state index is 12.3. The van der Waals surface area contributed by atoms with E-state index in [2.05, 4.69) is 11.9 Å². The normalized spacial score (nSPS) is 18.9. The van der Waals surface area contributed by atoms with Gasteiger partial charge in [0, 0.05) is 11.6 Å². The number of rotatable bonds is 4. The van der Waals surface area contributed by atoms with E-state index in [9.17, 15) is 14.4 Å². The summed E-state index contributed by atoms with van der Waals surface area (Å²) in [5, 5.41) is 2.70. The van der Waals surface area contributed by atoms with E-state index in [-0.39, 0.29) is 6.54 Å². The van der Waals surface area contributed by atoms with Crippen molar-refractivity contribution in [2.45, 2.75) is 12.3 Å². The Morgan fingerprint density at radius 1 is 1.25 bits per heavy atom. The van der Waals surface area contributed by atoms with Crippen LogP contribution < -0.4 is 5.32 Å². The predicted octanol–water partition coefficient (Wildman–Crippen LogP) is 2.08. The van der Waals surface area contributed by atoms with E-state index in [1.165, 1.54) is 0 Å². The summed E-state index contributed by atoms with van der Waals surface area (Å²) in [6, 6.07) is 5.72. The van der Waals surface area contributed by atoms with Crippen LogP contribution in [0, 0.1) is 0 Å². The van der Waals surface area contributed by atoms with Crippen LogP contribution in [0.2, 0.25) is 5.02 Å². The lowest BCUT2D eigenvalue weighted by atomic mass is 9.95. The molecule has 1 aromatic rings. The number of urea groups is 1. The lowest BCUT2D eigenvalue weighted by Crippen LogP contribution is -2.56. The molecule has 5 nitrogen and oxygen atoms in total. The van der Waals surface area contributed by atoms with Gasteiger partial charge in [0.05, 0.1) is 0 Å². The van der Waals surface area contributed by atoms with Gasteiger partial charge in [-0.3, -0.25) is 19.8 Å². The quantitative estimate of drug-likeness (QED) is 0.682. The van der Waals surface area contributed by atoms with Crippen molar-refractivity contribution in [3.8, 4) is 0 Å². The Morgan fingerprint density at radius 3 is 2.50 bits per heavy atom. The fourth-order valence-electron chi connectivity index (χ4n) is 1.99. The third kappa shape index (κ3) is 2.72. The molecule has 1 heterocycles. The van der Waals surface area contributed by atoms with Crippen LogP contribution in [-0.2, 0) is 9.59 Å². The van der Waals surface area contributed by atoms with Crippen LogP contribution >= 0.6 is 11.6 Å². The van der Waals surface area contributed by atoms with E-state index >= 15 is 0 Å². The third-order valence-corrected chi connectivity index (χ3v) is 3.26. The molecule has 1 unspecified atom stereocenters. The van der Waals surface area contributed by atoms with Crippen molar-refractivity contribution in [1.29, 1.82) is 0 Å². The average molecular weight is 293 g/mol. The van der Waals surface area contributed by atoms with Gasteiger partial charge in [0.15, 0.2) is 0 Å². The fourth-order valence-corrected chi connectivity index (χ4v) is 2.12. The molecule has 0 aliphatic carbocycles. The molecule has 1 aromatic carbocycles. The zero-order valence-corrected chi connectivity index (χ0v) is 11.4. The molecule has 4 amide bonds. The van der Waals surface area contributed by atoms with E-state index < -0.39 is 23.8 Å². The Labute approximate surface area is 121 Å². The largest absolute Gasteiger partial charge is 0.330 e. The second-order valence-corrected chi connectivity index (χ2v) is 4.78. The van der Waals surface area contributed by atoms with Crippen LogP contribution in [0.25, 0.3) is 0 Å². The zero-order chi connectivity index (χ0) is 14.7. The number of hydrogen-bond acceptors (Lipinski definition) is 3. The van der Waals surface area contributed by atoms with E-state index in [1.807, 2.05) is 0 Å². The summed E-state index contributed by atoms with van der Waals surface area (Å²) in [5.74, 6) is -2.16. The molecule has 0 spiro atoms. The van der Waals surface area contributed by atoms with E-state index in [1.54, 1.807) is 30.3 Å². The van der Waals surface area contributed by atoms with Gasteiger partial charge in [0.25, 0.3) is 0 Å². The van der Waals surface area contributed by atoms with Crippen molar-refractivity contribution in [2.24, 2.45) is 0 Å². The van der Waals surface area contributed by atoms with Crippen molar-refractivity contribution in [1.82, 2.24) is 10.2 Å². The van der Waals surface area contributed by atoms with Gasteiger partial charge in [-0.05, 0) is 24.1 Å². The number of carbonyl (C=O) groups is 3. The van der Waals surface area contributed by atoms with Gasteiger partial charge in [-0.25, -0.2) is 4.79 Å². The van der Waals surface area contributed by atoms with Gasteiger partial charge in [0.2, 0.25) is 11.8 Å². The van der Waals surface area contributed by atoms with Crippen LogP contribution in [0.3, 0.4) is 0 Å². The minimum absolute atomic E-state index is 0.200. The molecule has 1 saturated heterocycles. The Hall–Kier alpha value is -2.14. The SMILES string of the molecule is C=CCCN1C(=O)NC(=O)C(c2ccc(Cl)cc2)C1=O. The number of amides is 4. The number of halogens is 1. The molecule has 1 fully saturated rings. The lowest BCUT2D eigenvalue weighted by molar-refractivity contribution is -0.138. The van der Waals surface area contributed by atoms with Crippen LogP contribution in [0.5, 0.6) is 0 Å². The molecular weight excluding hydrogens is 280 g/mol. The molecule has 0 aromatic heterocycles. The second-order valence-electron chi connectivity index (χ2n) is 4.35. The van der Waals surface area contributed by atoms with Gasteiger partial charge in [-0.2, -0.15) is 0 Å². The Kier molecular flexibility index (Phi) is 4.20. The van der Waals surface area contributed by atoms with Gasteiger partial charge >= 0.3 is 6.03 Å². The fraction of sp³-hybridized carbons (Fsp3) is 0.214. The monoisotopic (exact) mass is 292 g/mol. The number of benzene rings is 1. The first-order chi connectivity index (χ1) is 9.54. The second kappa shape index (κ2) is 5.88. The summed E-state index contributed by atoms with van der Waals surface area (Å²) in [5.41, 5.74) is 0.507. The summed E-state index contributed by atoms with van der Waals surface area (Å²) in [6.45, 7) is 3.75. The molecule has 20 heavy (non-hydrogen) atoms. The molecule has 0 radical (unpaired) electrons. The smallest absolute Gasteiger partial charge is 0.277 e. The molecule has 6 heteroatoms. The number of nitrogens with zero attached hydrogens (tertiary/aromatic N) is 1. The van der Waals surface area contributed by atoms with Gasteiger partial charge in [-0.15, -0.1) is 6.58 Å². The standard InChI is InChI=1S/C14H13ClN2O3/c1-2-3-8-17-13(19)11(12(18)16-14(17)20)9-4-6-10(15)7-5-9/h2,4-7,11H,1,3,8H2,(H,16,18,20). The van der Waals surface area contributed by atoms with Crippen LogP contribution in [0.4, 0.5) is 4.79 Å². The van der Waals surface area contributed by atoms with Crippen LogP contribution in [-0.4, -0.2) is 29.3 Å². The topological polar surface area (TPSA) is 66.5 Å². The Morgan fingerprint density at radius 2 is 1.90 bits per heavy atom. The number of imide groups is 2. The van der Waals surface area contributed by atoms with Crippen molar-refractivity contribution < 1.29 is 14.4 Å². The van der Waals surface area contributed by atoms with Crippen molar-refractivity contribution in [3.05, 3.63) is 47.5 Å². The summed E-state index contributed by atoms with van der Waals surface area (Å²) in [7, 11) is 0. The lowest BCUT2D eigenvalue weighted by Gasteiger charge is -2.30. The predicted molar refractivity (Wildman–Crippen MR) is 74.3 cm³/mol. The van der Waals surface area contributed by atoms with Crippen molar-refractivity contribution >= 4 is 29.4 Å². The maximum absolute atomic E-state index is 12.3. The number of carbonyl (C=O) groups excluding carboxylic acids is 3. The molecule has 2 rings (SSSR count). The zero-order valence-electron chi connectivity index (χ0n) is 10.6. The highest BCUT2D eigenvalue weighted by Crippen LogP contribution is 2.24. The Balaban J connectivity index is 2.29. The minimum atomic E-state index is -1.02. The first kappa shape index (κ1) is 14.3. The molecule has 0 saturated carbocycles. The molecule has 1 N–H and O–H groups in total. The number of barbiturate groups is 1. The van der Waals surface area contributed by atoms with E-state index in [4.69, 9.17) is 11.6 Å². The number of hydrogen-bond donors (Lipinski definition) is 1. The van der Waals surface area contributed by atoms with Crippen LogP contribution in [0.15, 0.2) is 36.9 Å². The van der Waals surface area contributed by atoms with E-state index in [0.717, 1.165) is 4.90 Å². The highest BCUT2D eigenvalue weighted by atomic mass is 35.5. The first-order valence-corrected chi connectivity index (χ1v) is 6.45. The summed E-state index contributed by atoms with van der Waals surface area (Å²) >= 11 is 5.78. The Bertz CT molecular complexity index is 568. The van der Waals surface area contributed by atoms with Gasteiger partial charge in [0.1, 0.15) is 5.92 Å². The maximum Gasteiger partial charge on any atom is 0.330 e. The number of nitrogens with one attached hydrogen (secondary N) is 1. The highest BCUT2D eigenvalue weighted by molar-refractivity contribution is 6.30. The van der Waals surface area contributed by atoms with Gasteiger partial charge < -0.3 is 0 Å². The third-order valence-electron chi connectivity index (χ3n) is 3.01. The first-order valence-electron chi connectivity index (χ1n) is 6.07. The van der Waals surface area contributed by atoms with Crippen molar-refractivity contribution in [3.63, 3.8) is 0 Å². The average Bonchev–Trinajstić information content (AvgIpc) is 2.40. The molecule has 1 aliphatic rings. The van der Waals surface area contributed by atoms with Crippen molar-refractivity contribution in [2.75, 3.05) is 6.54 Å². The summed E-state index contributed by atoms with van der Waals surface area (Å²) in [4.78, 5) is 36.9. The molecular formula is C14H13ClN2O3. The van der Waals surface area contributed by atoms with Gasteiger partial charge in [-0.1, -0.05) is 29.8 Å². The molecule has 104 valence electrons. The molecule has 1 atom stereocenters. The summed E-state index contributed by atoms with van der Waals surface area (Å²) < 4.78 is 0.